The fraction of sp³-hybridized carbons (Fsp3) is 0.556. The van der Waals surface area contributed by atoms with Crippen molar-refractivity contribution in [3.8, 4) is 0 Å². The molecule has 2 heterocycles. The summed E-state index contributed by atoms with van der Waals surface area (Å²) in [6.45, 7) is 1.16. The van der Waals surface area contributed by atoms with Crippen molar-refractivity contribution in [2.75, 3.05) is 20.1 Å². The number of amides is 2. The van der Waals surface area contributed by atoms with Crippen molar-refractivity contribution < 1.29 is 22.8 Å². The first-order valence-electron chi connectivity index (χ1n) is 8.42. The lowest BCUT2D eigenvalue weighted by molar-refractivity contribution is -0.137. The van der Waals surface area contributed by atoms with E-state index < -0.39 is 11.7 Å². The predicted molar refractivity (Wildman–Crippen MR) is 85.7 cm³/mol. The van der Waals surface area contributed by atoms with Crippen LogP contribution in [0.2, 0.25) is 0 Å². The van der Waals surface area contributed by atoms with E-state index in [0.29, 0.717) is 25.1 Å². The molecule has 2 aliphatic rings. The molecule has 0 aromatic heterocycles. The highest BCUT2D eigenvalue weighted by atomic mass is 19.4. The maximum absolute atomic E-state index is 12.6. The summed E-state index contributed by atoms with van der Waals surface area (Å²) in [5, 5.41) is 0. The Morgan fingerprint density at radius 2 is 1.72 bits per heavy atom. The lowest BCUT2D eigenvalue weighted by atomic mass is 9.85. The molecule has 0 saturated carbocycles. The number of benzene rings is 1. The zero-order valence-electron chi connectivity index (χ0n) is 14.1. The third-order valence-corrected chi connectivity index (χ3v) is 5.57. The van der Waals surface area contributed by atoms with E-state index in [-0.39, 0.29) is 23.8 Å². The van der Waals surface area contributed by atoms with E-state index in [1.165, 1.54) is 12.1 Å². The standard InChI is InChI=1S/C18H21F3N2O2/c1-22-15(24)6-7-17(22)8-10-23(11-9-17)16(25)12-13-2-4-14(5-3-13)18(19,20)21/h2-5H,6-12H2,1H3. The van der Waals surface area contributed by atoms with Crippen LogP contribution in [0.4, 0.5) is 13.2 Å². The number of rotatable bonds is 2. The Morgan fingerprint density at radius 1 is 1.12 bits per heavy atom. The molecule has 136 valence electrons. The van der Waals surface area contributed by atoms with Gasteiger partial charge in [-0.15, -0.1) is 0 Å². The number of carbonyl (C=O) groups excluding carboxylic acids is 2. The Hall–Kier alpha value is -2.05. The maximum atomic E-state index is 12.6. The van der Waals surface area contributed by atoms with Crippen LogP contribution >= 0.6 is 0 Å². The molecule has 0 N–H and O–H groups in total. The molecule has 1 aromatic rings. The minimum atomic E-state index is -4.37. The molecule has 3 rings (SSSR count). The van der Waals surface area contributed by atoms with E-state index in [1.54, 1.807) is 4.90 Å². The number of piperidine rings is 1. The van der Waals surface area contributed by atoms with Gasteiger partial charge in [0.25, 0.3) is 0 Å². The van der Waals surface area contributed by atoms with Crippen LogP contribution in [-0.4, -0.2) is 47.3 Å². The van der Waals surface area contributed by atoms with Gasteiger partial charge in [-0.2, -0.15) is 13.2 Å². The monoisotopic (exact) mass is 354 g/mol. The Bertz CT molecular complexity index is 662. The molecule has 0 unspecified atom stereocenters. The molecule has 0 bridgehead atoms. The third-order valence-electron chi connectivity index (χ3n) is 5.57. The molecule has 1 aromatic carbocycles. The number of likely N-dealkylation sites (tertiary alicyclic amines) is 2. The van der Waals surface area contributed by atoms with E-state index in [1.807, 2.05) is 11.9 Å². The largest absolute Gasteiger partial charge is 0.416 e. The van der Waals surface area contributed by atoms with Crippen molar-refractivity contribution in [3.63, 3.8) is 0 Å². The fourth-order valence-corrected chi connectivity index (χ4v) is 3.80. The van der Waals surface area contributed by atoms with Crippen molar-refractivity contribution in [1.82, 2.24) is 9.80 Å². The summed E-state index contributed by atoms with van der Waals surface area (Å²) in [4.78, 5) is 27.8. The number of nitrogens with zero attached hydrogens (tertiary/aromatic N) is 2. The first-order chi connectivity index (χ1) is 11.7. The van der Waals surface area contributed by atoms with Crippen LogP contribution in [0.3, 0.4) is 0 Å². The smallest absolute Gasteiger partial charge is 0.342 e. The Morgan fingerprint density at radius 3 is 2.20 bits per heavy atom. The van der Waals surface area contributed by atoms with Gasteiger partial charge < -0.3 is 9.80 Å². The number of hydrogen-bond acceptors (Lipinski definition) is 2. The second-order valence-corrected chi connectivity index (χ2v) is 6.93. The maximum Gasteiger partial charge on any atom is 0.416 e. The molecular weight excluding hydrogens is 333 g/mol. The quantitative estimate of drug-likeness (QED) is 0.819. The molecule has 4 nitrogen and oxygen atoms in total. The van der Waals surface area contributed by atoms with E-state index in [9.17, 15) is 22.8 Å². The summed E-state index contributed by atoms with van der Waals surface area (Å²) in [5.74, 6) is 0.0751. The molecule has 2 fully saturated rings. The summed E-state index contributed by atoms with van der Waals surface area (Å²) in [7, 11) is 1.83. The molecule has 2 aliphatic heterocycles. The first-order valence-corrected chi connectivity index (χ1v) is 8.42. The Kier molecular flexibility index (Phi) is 4.51. The molecule has 0 aliphatic carbocycles. The molecule has 0 atom stereocenters. The van der Waals surface area contributed by atoms with E-state index in [2.05, 4.69) is 0 Å². The number of halogens is 3. The SMILES string of the molecule is CN1C(=O)CCC12CCN(C(=O)Cc1ccc(C(F)(F)F)cc1)CC2. The molecular formula is C18H21F3N2O2. The van der Waals surface area contributed by atoms with E-state index >= 15 is 0 Å². The molecule has 0 radical (unpaired) electrons. The summed E-state index contributed by atoms with van der Waals surface area (Å²) in [6, 6.07) is 4.73. The second kappa shape index (κ2) is 6.35. The average molecular weight is 354 g/mol. The Balaban J connectivity index is 1.57. The normalized spacial score (nSPS) is 20.4. The number of hydrogen-bond donors (Lipinski definition) is 0. The summed E-state index contributed by atoms with van der Waals surface area (Å²) >= 11 is 0. The minimum Gasteiger partial charge on any atom is -0.342 e. The van der Waals surface area contributed by atoms with Gasteiger partial charge in [-0.25, -0.2) is 0 Å². The van der Waals surface area contributed by atoms with Crippen LogP contribution in [0.25, 0.3) is 0 Å². The molecule has 2 amide bonds. The highest BCUT2D eigenvalue weighted by Crippen LogP contribution is 2.38. The van der Waals surface area contributed by atoms with Gasteiger partial charge in [-0.1, -0.05) is 12.1 Å². The highest BCUT2D eigenvalue weighted by Gasteiger charge is 2.45. The van der Waals surface area contributed by atoms with Crippen molar-refractivity contribution in [2.24, 2.45) is 0 Å². The van der Waals surface area contributed by atoms with Crippen molar-refractivity contribution in [1.29, 1.82) is 0 Å². The lowest BCUT2D eigenvalue weighted by Crippen LogP contribution is -2.53. The summed E-state index contributed by atoms with van der Waals surface area (Å²) in [6.07, 6.45) is -1.35. The molecule has 2 saturated heterocycles. The van der Waals surface area contributed by atoms with Gasteiger partial charge in [-0.05, 0) is 37.0 Å². The predicted octanol–water partition coefficient (Wildman–Crippen LogP) is 2.86. The summed E-state index contributed by atoms with van der Waals surface area (Å²) < 4.78 is 37.7. The molecule has 1 spiro atoms. The lowest BCUT2D eigenvalue weighted by Gasteiger charge is -2.43. The fourth-order valence-electron chi connectivity index (χ4n) is 3.80. The molecule has 7 heteroatoms. The minimum absolute atomic E-state index is 0.0819. The number of carbonyl (C=O) groups is 2. The van der Waals surface area contributed by atoms with Gasteiger partial charge in [0.1, 0.15) is 0 Å². The van der Waals surface area contributed by atoms with Gasteiger partial charge in [0.15, 0.2) is 0 Å². The highest BCUT2D eigenvalue weighted by molar-refractivity contribution is 5.80. The van der Waals surface area contributed by atoms with Crippen LogP contribution in [0.1, 0.15) is 36.8 Å². The summed E-state index contributed by atoms with van der Waals surface area (Å²) in [5.41, 5.74) is -0.258. The van der Waals surface area contributed by atoms with Gasteiger partial charge in [0, 0.05) is 32.1 Å². The zero-order valence-corrected chi connectivity index (χ0v) is 14.1. The third kappa shape index (κ3) is 3.50. The van der Waals surface area contributed by atoms with E-state index in [4.69, 9.17) is 0 Å². The van der Waals surface area contributed by atoms with Crippen LogP contribution in [-0.2, 0) is 22.2 Å². The number of alkyl halides is 3. The van der Waals surface area contributed by atoms with E-state index in [0.717, 1.165) is 31.4 Å². The first kappa shape index (κ1) is 17.8. The van der Waals surface area contributed by atoms with Crippen molar-refractivity contribution in [3.05, 3.63) is 35.4 Å². The van der Waals surface area contributed by atoms with Crippen LogP contribution in [0.5, 0.6) is 0 Å². The van der Waals surface area contributed by atoms with Crippen molar-refractivity contribution in [2.45, 2.75) is 43.8 Å². The van der Waals surface area contributed by atoms with Gasteiger partial charge in [-0.3, -0.25) is 9.59 Å². The topological polar surface area (TPSA) is 40.6 Å². The van der Waals surface area contributed by atoms with Crippen LogP contribution in [0.15, 0.2) is 24.3 Å². The van der Waals surface area contributed by atoms with Crippen molar-refractivity contribution >= 4 is 11.8 Å². The second-order valence-electron chi connectivity index (χ2n) is 6.93. The van der Waals surface area contributed by atoms with Crippen LogP contribution < -0.4 is 0 Å². The average Bonchev–Trinajstić information content (AvgIpc) is 2.84. The van der Waals surface area contributed by atoms with Crippen LogP contribution in [0, 0.1) is 0 Å². The Labute approximate surface area is 144 Å². The zero-order chi connectivity index (χ0) is 18.2. The molecule has 25 heavy (non-hydrogen) atoms. The van der Waals surface area contributed by atoms with Gasteiger partial charge >= 0.3 is 6.18 Å². The van der Waals surface area contributed by atoms with Gasteiger partial charge in [0.05, 0.1) is 12.0 Å². The van der Waals surface area contributed by atoms with Gasteiger partial charge in [0.2, 0.25) is 11.8 Å².